The largest absolute Gasteiger partial charge is 0.573 e. The molecular weight excluding hydrogens is 261 g/mol. The number of aliphatic hydroxyl groups is 1. The van der Waals surface area contributed by atoms with Gasteiger partial charge in [0.1, 0.15) is 5.75 Å². The summed E-state index contributed by atoms with van der Waals surface area (Å²) in [6, 6.07) is 5.23. The van der Waals surface area contributed by atoms with Gasteiger partial charge in [-0.3, -0.25) is 0 Å². The van der Waals surface area contributed by atoms with Crippen molar-refractivity contribution >= 4 is 0 Å². The molecule has 1 aromatic carbocycles. The average molecular weight is 278 g/mol. The second-order valence-corrected chi connectivity index (χ2v) is 4.32. The van der Waals surface area contributed by atoms with Crippen LogP contribution in [0.15, 0.2) is 24.3 Å². The van der Waals surface area contributed by atoms with Crippen LogP contribution in [0.3, 0.4) is 0 Å². The van der Waals surface area contributed by atoms with Crippen molar-refractivity contribution in [3.8, 4) is 5.75 Å². The van der Waals surface area contributed by atoms with E-state index in [1.54, 1.807) is 7.11 Å². The van der Waals surface area contributed by atoms with Gasteiger partial charge in [-0.1, -0.05) is 19.1 Å². The van der Waals surface area contributed by atoms with Crippen molar-refractivity contribution in [2.24, 2.45) is 5.92 Å². The smallest absolute Gasteiger partial charge is 0.406 e. The highest BCUT2D eigenvalue weighted by molar-refractivity contribution is 5.28. The molecule has 0 fully saturated rings. The number of alkyl halides is 3. The van der Waals surface area contributed by atoms with E-state index in [1.807, 2.05) is 6.92 Å². The highest BCUT2D eigenvalue weighted by Crippen LogP contribution is 2.28. The SMILES string of the molecule is COCCC(C)C(O)c1ccc(OC(F)(F)F)cc1. The average Bonchev–Trinajstić information content (AvgIpc) is 2.34. The number of rotatable bonds is 6. The Morgan fingerprint density at radius 3 is 2.26 bits per heavy atom. The van der Waals surface area contributed by atoms with Crippen LogP contribution in [-0.4, -0.2) is 25.2 Å². The molecule has 0 spiro atoms. The zero-order valence-electron chi connectivity index (χ0n) is 10.8. The van der Waals surface area contributed by atoms with Crippen LogP contribution >= 0.6 is 0 Å². The number of aliphatic hydroxyl groups excluding tert-OH is 1. The first-order valence-electron chi connectivity index (χ1n) is 5.86. The van der Waals surface area contributed by atoms with Gasteiger partial charge < -0.3 is 14.6 Å². The molecule has 0 radical (unpaired) electrons. The maximum absolute atomic E-state index is 12.0. The van der Waals surface area contributed by atoms with Crippen molar-refractivity contribution in [2.45, 2.75) is 25.8 Å². The normalized spacial score (nSPS) is 15.1. The molecule has 0 saturated heterocycles. The molecule has 0 amide bonds. The quantitative estimate of drug-likeness (QED) is 0.867. The van der Waals surface area contributed by atoms with Crippen LogP contribution in [0.25, 0.3) is 0 Å². The van der Waals surface area contributed by atoms with E-state index < -0.39 is 12.5 Å². The van der Waals surface area contributed by atoms with Gasteiger partial charge in [-0.05, 0) is 30.0 Å². The molecule has 1 aromatic rings. The van der Waals surface area contributed by atoms with Crippen LogP contribution in [0.1, 0.15) is 25.0 Å². The number of hydrogen-bond acceptors (Lipinski definition) is 3. The first-order chi connectivity index (χ1) is 8.83. The minimum Gasteiger partial charge on any atom is -0.406 e. The predicted molar refractivity (Wildman–Crippen MR) is 63.7 cm³/mol. The lowest BCUT2D eigenvalue weighted by atomic mass is 9.95. The number of hydrogen-bond donors (Lipinski definition) is 1. The number of halogens is 3. The molecule has 0 aliphatic heterocycles. The van der Waals surface area contributed by atoms with Crippen LogP contribution in [0, 0.1) is 5.92 Å². The van der Waals surface area contributed by atoms with Crippen molar-refractivity contribution in [1.29, 1.82) is 0 Å². The summed E-state index contributed by atoms with van der Waals surface area (Å²) in [5.41, 5.74) is 0.554. The van der Waals surface area contributed by atoms with E-state index in [4.69, 9.17) is 4.74 Å². The Morgan fingerprint density at radius 1 is 1.21 bits per heavy atom. The first-order valence-corrected chi connectivity index (χ1v) is 5.86. The maximum atomic E-state index is 12.0. The van der Waals surface area contributed by atoms with Gasteiger partial charge >= 0.3 is 6.36 Å². The summed E-state index contributed by atoms with van der Waals surface area (Å²) in [7, 11) is 1.57. The molecule has 0 aliphatic rings. The van der Waals surface area contributed by atoms with Gasteiger partial charge in [-0.25, -0.2) is 0 Å². The molecule has 1 rings (SSSR count). The third-order valence-electron chi connectivity index (χ3n) is 2.77. The minimum absolute atomic E-state index is 0.0469. The summed E-state index contributed by atoms with van der Waals surface area (Å²) in [6.07, 6.45) is -4.78. The molecule has 6 heteroatoms. The Balaban J connectivity index is 2.65. The molecular formula is C13H17F3O3. The Morgan fingerprint density at radius 2 is 1.79 bits per heavy atom. The van der Waals surface area contributed by atoms with Crippen LogP contribution in [0.5, 0.6) is 5.75 Å². The zero-order valence-corrected chi connectivity index (χ0v) is 10.8. The summed E-state index contributed by atoms with van der Waals surface area (Å²) in [6.45, 7) is 2.37. The molecule has 0 aromatic heterocycles. The van der Waals surface area contributed by atoms with Crippen molar-refractivity contribution in [1.82, 2.24) is 0 Å². The van der Waals surface area contributed by atoms with Gasteiger partial charge in [0.15, 0.2) is 0 Å². The van der Waals surface area contributed by atoms with Crippen molar-refractivity contribution in [3.63, 3.8) is 0 Å². The topological polar surface area (TPSA) is 38.7 Å². The second-order valence-electron chi connectivity index (χ2n) is 4.32. The van der Waals surface area contributed by atoms with E-state index in [2.05, 4.69) is 4.74 Å². The molecule has 0 heterocycles. The summed E-state index contributed by atoms with van der Waals surface area (Å²) in [5.74, 6) is -0.345. The number of methoxy groups -OCH3 is 1. The summed E-state index contributed by atoms with van der Waals surface area (Å²) < 4.78 is 44.6. The standard InChI is InChI=1S/C13H17F3O3/c1-9(7-8-18-2)12(17)10-3-5-11(6-4-10)19-13(14,15)16/h3-6,9,12,17H,7-8H2,1-2H3. The van der Waals surface area contributed by atoms with Gasteiger partial charge in [0.05, 0.1) is 6.10 Å². The molecule has 2 atom stereocenters. The lowest BCUT2D eigenvalue weighted by molar-refractivity contribution is -0.274. The third kappa shape index (κ3) is 5.48. The van der Waals surface area contributed by atoms with E-state index in [9.17, 15) is 18.3 Å². The molecule has 0 aliphatic carbocycles. The molecule has 3 nitrogen and oxygen atoms in total. The molecule has 1 N–H and O–H groups in total. The van der Waals surface area contributed by atoms with Gasteiger partial charge in [0.2, 0.25) is 0 Å². The maximum Gasteiger partial charge on any atom is 0.573 e. The monoisotopic (exact) mass is 278 g/mol. The van der Waals surface area contributed by atoms with Crippen molar-refractivity contribution in [3.05, 3.63) is 29.8 Å². The summed E-state index contributed by atoms with van der Waals surface area (Å²) >= 11 is 0. The van der Waals surface area contributed by atoms with Crippen LogP contribution in [0.4, 0.5) is 13.2 Å². The third-order valence-corrected chi connectivity index (χ3v) is 2.77. The molecule has 108 valence electrons. The lowest BCUT2D eigenvalue weighted by Crippen LogP contribution is -2.17. The minimum atomic E-state index is -4.70. The predicted octanol–water partition coefficient (Wildman–Crippen LogP) is 3.29. The van der Waals surface area contributed by atoms with Crippen LogP contribution < -0.4 is 4.74 Å². The van der Waals surface area contributed by atoms with Gasteiger partial charge in [-0.15, -0.1) is 13.2 Å². The van der Waals surface area contributed by atoms with E-state index >= 15 is 0 Å². The summed E-state index contributed by atoms with van der Waals surface area (Å²) in [4.78, 5) is 0. The van der Waals surface area contributed by atoms with Crippen LogP contribution in [0.2, 0.25) is 0 Å². The lowest BCUT2D eigenvalue weighted by Gasteiger charge is -2.19. The Kier molecular flexibility index (Phi) is 5.62. The highest BCUT2D eigenvalue weighted by Gasteiger charge is 2.31. The van der Waals surface area contributed by atoms with E-state index in [0.717, 1.165) is 0 Å². The zero-order chi connectivity index (χ0) is 14.5. The van der Waals surface area contributed by atoms with Gasteiger partial charge in [-0.2, -0.15) is 0 Å². The second kappa shape index (κ2) is 6.77. The fraction of sp³-hybridized carbons (Fsp3) is 0.538. The molecule has 0 saturated carbocycles. The Bertz CT molecular complexity index is 376. The molecule has 0 bridgehead atoms. The fourth-order valence-corrected chi connectivity index (χ4v) is 1.66. The first kappa shape index (κ1) is 15.8. The van der Waals surface area contributed by atoms with E-state index in [0.29, 0.717) is 18.6 Å². The van der Waals surface area contributed by atoms with E-state index in [1.165, 1.54) is 24.3 Å². The van der Waals surface area contributed by atoms with E-state index in [-0.39, 0.29) is 11.7 Å². The summed E-state index contributed by atoms with van der Waals surface area (Å²) in [5, 5.41) is 10.0. The van der Waals surface area contributed by atoms with Gasteiger partial charge in [0, 0.05) is 13.7 Å². The number of benzene rings is 1. The fourth-order valence-electron chi connectivity index (χ4n) is 1.66. The van der Waals surface area contributed by atoms with Crippen LogP contribution in [-0.2, 0) is 4.74 Å². The number of ether oxygens (including phenoxy) is 2. The highest BCUT2D eigenvalue weighted by atomic mass is 19.4. The Labute approximate surface area is 110 Å². The molecule has 19 heavy (non-hydrogen) atoms. The Hall–Kier alpha value is -1.27. The van der Waals surface area contributed by atoms with Crippen molar-refractivity contribution < 1.29 is 27.8 Å². The van der Waals surface area contributed by atoms with Crippen molar-refractivity contribution in [2.75, 3.05) is 13.7 Å². The molecule has 2 unspecified atom stereocenters. The van der Waals surface area contributed by atoms with Gasteiger partial charge in [0.25, 0.3) is 0 Å².